The van der Waals surface area contributed by atoms with E-state index in [0.29, 0.717) is 17.7 Å². The lowest BCUT2D eigenvalue weighted by atomic mass is 9.98. The maximum atomic E-state index is 12.5. The van der Waals surface area contributed by atoms with Crippen LogP contribution in [-0.2, 0) is 19.6 Å². The topological polar surface area (TPSA) is 169 Å². The lowest BCUT2D eigenvalue weighted by Crippen LogP contribution is -2.60. The highest BCUT2D eigenvalue weighted by Crippen LogP contribution is 2.28. The quantitative estimate of drug-likeness (QED) is 0.209. The number of esters is 2. The first-order chi connectivity index (χ1) is 15.0. The predicted molar refractivity (Wildman–Crippen MR) is 114 cm³/mol. The number of carbonyl (C=O) groups excluding carboxylic acids is 3. The van der Waals surface area contributed by atoms with Crippen LogP contribution in [0.3, 0.4) is 0 Å². The largest absolute Gasteiger partial charge is 0.387 e. The summed E-state index contributed by atoms with van der Waals surface area (Å²) in [6, 6.07) is 10.8. The molecule has 0 aliphatic carbocycles. The van der Waals surface area contributed by atoms with Crippen molar-refractivity contribution in [2.75, 3.05) is 0 Å². The Balaban J connectivity index is 1.76. The predicted octanol–water partition coefficient (Wildman–Crippen LogP) is 1.24. The molecular weight excluding hydrogens is 436 g/mol. The van der Waals surface area contributed by atoms with Crippen LogP contribution in [0.15, 0.2) is 53.4 Å². The van der Waals surface area contributed by atoms with Crippen molar-refractivity contribution in [2.24, 2.45) is 5.73 Å². The van der Waals surface area contributed by atoms with E-state index in [4.69, 9.17) is 15.9 Å². The van der Waals surface area contributed by atoms with Gasteiger partial charge in [0.2, 0.25) is 10.0 Å². The summed E-state index contributed by atoms with van der Waals surface area (Å²) in [5.41, 5.74) is 4.50. The third-order valence-electron chi connectivity index (χ3n) is 4.86. The van der Waals surface area contributed by atoms with E-state index in [-0.39, 0.29) is 16.0 Å². The number of sulfonamides is 1. The Morgan fingerprint density at radius 2 is 1.88 bits per heavy atom. The maximum absolute atomic E-state index is 12.5. The molecule has 168 valence electrons. The number of amides is 1. The van der Waals surface area contributed by atoms with Crippen LogP contribution in [0.2, 0.25) is 0 Å². The minimum atomic E-state index is -4.16. The van der Waals surface area contributed by atoms with Crippen molar-refractivity contribution in [1.29, 1.82) is 5.41 Å². The first-order valence-corrected chi connectivity index (χ1v) is 11.1. The van der Waals surface area contributed by atoms with Gasteiger partial charge in [-0.3, -0.25) is 4.79 Å². The van der Waals surface area contributed by atoms with Crippen molar-refractivity contribution in [1.82, 2.24) is 10.0 Å². The molecule has 0 radical (unpaired) electrons. The molecule has 1 unspecified atom stereocenters. The number of hydrogen-bond acceptors (Lipinski definition) is 8. The molecule has 10 nitrogen and oxygen atoms in total. The van der Waals surface area contributed by atoms with Gasteiger partial charge in [-0.25, -0.2) is 18.0 Å². The molecular formula is C21H22N4O6S. The molecule has 1 heterocycles. The number of rotatable bonds is 7. The molecule has 11 heteroatoms. The molecule has 3 rings (SSSR count). The van der Waals surface area contributed by atoms with Gasteiger partial charge in [0.25, 0.3) is 5.91 Å². The normalized spacial score (nSPS) is 17.1. The number of ether oxygens (including phenoxy) is 1. The average Bonchev–Trinajstić information content (AvgIpc) is 3.09. The third-order valence-corrected chi connectivity index (χ3v) is 6.44. The van der Waals surface area contributed by atoms with E-state index in [1.54, 1.807) is 13.0 Å². The van der Waals surface area contributed by atoms with E-state index in [9.17, 15) is 22.8 Å². The summed E-state index contributed by atoms with van der Waals surface area (Å²) in [6.07, 6.45) is 0.441. The fourth-order valence-corrected chi connectivity index (χ4v) is 4.40. The molecule has 0 saturated heterocycles. The molecule has 2 atom stereocenters. The minimum absolute atomic E-state index is 0.0994. The van der Waals surface area contributed by atoms with Gasteiger partial charge in [-0.1, -0.05) is 31.2 Å². The van der Waals surface area contributed by atoms with Crippen molar-refractivity contribution in [2.45, 2.75) is 36.9 Å². The van der Waals surface area contributed by atoms with Gasteiger partial charge in [-0.05, 0) is 43.2 Å². The average molecular weight is 458 g/mol. The molecule has 2 aromatic carbocycles. The zero-order valence-electron chi connectivity index (χ0n) is 17.3. The van der Waals surface area contributed by atoms with Gasteiger partial charge < -0.3 is 21.2 Å². The van der Waals surface area contributed by atoms with Gasteiger partial charge in [0.1, 0.15) is 0 Å². The van der Waals surface area contributed by atoms with Crippen LogP contribution >= 0.6 is 0 Å². The van der Waals surface area contributed by atoms with Crippen molar-refractivity contribution in [3.8, 4) is 0 Å². The molecule has 1 aliphatic rings. The SMILES string of the molecule is CCC(=N)C1NC(=O)c2cc(C(=O)OC(=O)[C@@](C)(N)NS(=O)(=O)c3ccccc3)ccc21. The number of nitrogens with two attached hydrogens (primary N) is 1. The Bertz CT molecular complexity index is 1210. The van der Waals surface area contributed by atoms with E-state index < -0.39 is 39.6 Å². The Labute approximate surface area is 184 Å². The third kappa shape index (κ3) is 4.59. The summed E-state index contributed by atoms with van der Waals surface area (Å²) in [6.45, 7) is 2.85. The highest BCUT2D eigenvalue weighted by Gasteiger charge is 2.38. The van der Waals surface area contributed by atoms with Gasteiger partial charge in [0, 0.05) is 11.3 Å². The fraction of sp³-hybridized carbons (Fsp3) is 0.238. The molecule has 5 N–H and O–H groups in total. The van der Waals surface area contributed by atoms with Crippen LogP contribution in [0.4, 0.5) is 0 Å². The fourth-order valence-electron chi connectivity index (χ4n) is 3.13. The smallest absolute Gasteiger partial charge is 0.349 e. The standard InChI is InChI=1S/C21H22N4O6S/c1-3-16(22)17-14-10-9-12(11-15(14)18(26)24-17)19(27)31-20(28)21(2,23)25-32(29,30)13-7-5-4-6-8-13/h4-11,17,22,25H,3,23H2,1-2H3,(H,24,26)/t17?,21-/m0/s1. The van der Waals surface area contributed by atoms with E-state index in [1.807, 2.05) is 4.72 Å². The van der Waals surface area contributed by atoms with Gasteiger partial charge in [0.05, 0.1) is 16.5 Å². The van der Waals surface area contributed by atoms with Crippen LogP contribution in [0.1, 0.15) is 52.6 Å². The minimum Gasteiger partial charge on any atom is -0.387 e. The van der Waals surface area contributed by atoms with Gasteiger partial charge in [-0.15, -0.1) is 0 Å². The summed E-state index contributed by atoms with van der Waals surface area (Å²) in [4.78, 5) is 37.0. The lowest BCUT2D eigenvalue weighted by Gasteiger charge is -2.23. The molecule has 32 heavy (non-hydrogen) atoms. The highest BCUT2D eigenvalue weighted by molar-refractivity contribution is 7.89. The van der Waals surface area contributed by atoms with Crippen LogP contribution in [0, 0.1) is 5.41 Å². The molecule has 0 spiro atoms. The second-order valence-corrected chi connectivity index (χ2v) is 9.07. The Morgan fingerprint density at radius 3 is 2.50 bits per heavy atom. The van der Waals surface area contributed by atoms with E-state index >= 15 is 0 Å². The molecule has 0 saturated carbocycles. The van der Waals surface area contributed by atoms with Gasteiger partial charge >= 0.3 is 11.9 Å². The van der Waals surface area contributed by atoms with E-state index in [1.165, 1.54) is 42.5 Å². The number of benzene rings is 2. The number of fused-ring (bicyclic) bond motifs is 1. The van der Waals surface area contributed by atoms with Crippen molar-refractivity contribution in [3.05, 3.63) is 65.2 Å². The van der Waals surface area contributed by atoms with Crippen LogP contribution in [0.5, 0.6) is 0 Å². The van der Waals surface area contributed by atoms with Crippen LogP contribution < -0.4 is 15.8 Å². The molecule has 1 amide bonds. The molecule has 0 bridgehead atoms. The van der Waals surface area contributed by atoms with E-state index in [0.717, 1.165) is 6.92 Å². The first kappa shape index (κ1) is 23.3. The lowest BCUT2D eigenvalue weighted by molar-refractivity contribution is -0.144. The summed E-state index contributed by atoms with van der Waals surface area (Å²) >= 11 is 0. The second kappa shape index (κ2) is 8.61. The zero-order valence-corrected chi connectivity index (χ0v) is 18.2. The second-order valence-electron chi connectivity index (χ2n) is 7.39. The maximum Gasteiger partial charge on any atom is 0.349 e. The molecule has 1 aliphatic heterocycles. The zero-order chi connectivity index (χ0) is 23.7. The Morgan fingerprint density at radius 1 is 1.22 bits per heavy atom. The Kier molecular flexibility index (Phi) is 6.26. The number of nitrogens with one attached hydrogen (secondary N) is 3. The number of hydrogen-bond donors (Lipinski definition) is 4. The summed E-state index contributed by atoms with van der Waals surface area (Å²) < 4.78 is 31.7. The first-order valence-electron chi connectivity index (χ1n) is 9.63. The van der Waals surface area contributed by atoms with Crippen LogP contribution in [0.25, 0.3) is 0 Å². The van der Waals surface area contributed by atoms with Gasteiger partial charge in [-0.2, -0.15) is 4.72 Å². The monoisotopic (exact) mass is 458 g/mol. The molecule has 0 fully saturated rings. The molecule has 2 aromatic rings. The van der Waals surface area contributed by atoms with Crippen LogP contribution in [-0.4, -0.2) is 37.6 Å². The molecule has 0 aromatic heterocycles. The van der Waals surface area contributed by atoms with Crippen molar-refractivity contribution >= 4 is 33.6 Å². The van der Waals surface area contributed by atoms with Gasteiger partial charge in [0.15, 0.2) is 5.66 Å². The van der Waals surface area contributed by atoms with Crippen molar-refractivity contribution < 1.29 is 27.5 Å². The highest BCUT2D eigenvalue weighted by atomic mass is 32.2. The number of carbonyl (C=O) groups is 3. The summed E-state index contributed by atoms with van der Waals surface area (Å²) in [5.74, 6) is -2.88. The Hall–Kier alpha value is -3.41. The summed E-state index contributed by atoms with van der Waals surface area (Å²) in [7, 11) is -4.16. The summed E-state index contributed by atoms with van der Waals surface area (Å²) in [5, 5.41) is 10.6. The van der Waals surface area contributed by atoms with E-state index in [2.05, 4.69) is 5.32 Å². The van der Waals surface area contributed by atoms with Crippen molar-refractivity contribution in [3.63, 3.8) is 0 Å².